The number of amides is 1. The first-order chi connectivity index (χ1) is 13.5. The van der Waals surface area contributed by atoms with E-state index >= 15 is 0 Å². The summed E-state index contributed by atoms with van der Waals surface area (Å²) in [6, 6.07) is 2.12. The van der Waals surface area contributed by atoms with Crippen LogP contribution in [0.4, 0.5) is 0 Å². The third kappa shape index (κ3) is 4.63. The van der Waals surface area contributed by atoms with Crippen LogP contribution in [0.1, 0.15) is 45.4 Å². The molecule has 2 aromatic heterocycles. The lowest BCUT2D eigenvalue weighted by molar-refractivity contribution is -0.120. The molecule has 2 saturated carbocycles. The number of aromatic nitrogens is 3. The molecule has 152 valence electrons. The maximum Gasteiger partial charge on any atom is 0.226 e. The van der Waals surface area contributed by atoms with Crippen LogP contribution < -0.4 is 10.1 Å². The van der Waals surface area contributed by atoms with Crippen LogP contribution in [0.5, 0.6) is 5.88 Å². The molecule has 1 amide bonds. The van der Waals surface area contributed by atoms with Crippen LogP contribution in [-0.4, -0.2) is 45.8 Å². The highest BCUT2D eigenvalue weighted by Crippen LogP contribution is 2.34. The molecule has 0 unspecified atom stereocenters. The van der Waals surface area contributed by atoms with Crippen molar-refractivity contribution in [3.05, 3.63) is 18.1 Å². The first-order valence-electron chi connectivity index (χ1n) is 10.3. The number of nitrogens with zero attached hydrogens (tertiary/aromatic N) is 3. The van der Waals surface area contributed by atoms with Crippen LogP contribution in [0, 0.1) is 18.8 Å². The molecule has 0 radical (unpaired) electrons. The van der Waals surface area contributed by atoms with Crippen molar-refractivity contribution >= 4 is 16.9 Å². The summed E-state index contributed by atoms with van der Waals surface area (Å²) in [7, 11) is 0. The minimum Gasteiger partial charge on any atom is -0.477 e. The van der Waals surface area contributed by atoms with Crippen LogP contribution in [-0.2, 0) is 16.1 Å². The first kappa shape index (κ1) is 19.2. The third-order valence-electron chi connectivity index (χ3n) is 5.53. The van der Waals surface area contributed by atoms with Crippen molar-refractivity contribution < 1.29 is 14.3 Å². The quantitative estimate of drug-likeness (QED) is 0.717. The van der Waals surface area contributed by atoms with Crippen molar-refractivity contribution in [2.45, 2.75) is 65.1 Å². The molecule has 2 heterocycles. The summed E-state index contributed by atoms with van der Waals surface area (Å²) < 4.78 is 14.2. The van der Waals surface area contributed by atoms with Gasteiger partial charge in [-0.2, -0.15) is 4.98 Å². The molecule has 0 saturated heterocycles. The average Bonchev–Trinajstić information content (AvgIpc) is 3.32. The fraction of sp³-hybridized carbons (Fsp3) is 0.667. The van der Waals surface area contributed by atoms with Gasteiger partial charge in [0.2, 0.25) is 11.8 Å². The Morgan fingerprint density at radius 2 is 2.11 bits per heavy atom. The number of hydrogen-bond acceptors (Lipinski definition) is 5. The predicted molar refractivity (Wildman–Crippen MR) is 106 cm³/mol. The van der Waals surface area contributed by atoms with Crippen LogP contribution in [0.15, 0.2) is 12.3 Å². The van der Waals surface area contributed by atoms with Crippen molar-refractivity contribution in [3.63, 3.8) is 0 Å². The molecule has 2 aliphatic carbocycles. The average molecular weight is 386 g/mol. The number of nitrogens with one attached hydrogen (secondary N) is 1. The summed E-state index contributed by atoms with van der Waals surface area (Å²) in [6.45, 7) is 7.65. The van der Waals surface area contributed by atoms with Gasteiger partial charge in [0.15, 0.2) is 0 Å². The Bertz CT molecular complexity index is 840. The molecule has 0 bridgehead atoms. The Balaban J connectivity index is 1.27. The second-order valence-electron chi connectivity index (χ2n) is 8.43. The SMILES string of the molecule is CC(=O)N[C@@H](C)CO[C@H]1C[C@H](COc2nc(C)nc3c2ccn3CC2CC2)C1. The lowest BCUT2D eigenvalue weighted by atomic mass is 9.83. The molecular formula is C21H30N4O3. The fourth-order valence-electron chi connectivity index (χ4n) is 3.79. The molecule has 1 N–H and O–H groups in total. The normalized spacial score (nSPS) is 22.7. The third-order valence-corrected chi connectivity index (χ3v) is 5.53. The Labute approximate surface area is 165 Å². The molecule has 2 fully saturated rings. The molecule has 7 heteroatoms. The van der Waals surface area contributed by atoms with E-state index in [0.29, 0.717) is 25.0 Å². The maximum absolute atomic E-state index is 11.0. The summed E-state index contributed by atoms with van der Waals surface area (Å²) in [5.41, 5.74) is 0.983. The second kappa shape index (κ2) is 8.07. The van der Waals surface area contributed by atoms with Crippen molar-refractivity contribution in [3.8, 4) is 5.88 Å². The van der Waals surface area contributed by atoms with Crippen LogP contribution >= 0.6 is 0 Å². The van der Waals surface area contributed by atoms with Gasteiger partial charge < -0.3 is 19.4 Å². The van der Waals surface area contributed by atoms with E-state index in [1.165, 1.54) is 19.8 Å². The maximum atomic E-state index is 11.0. The van der Waals surface area contributed by atoms with Gasteiger partial charge in [-0.15, -0.1) is 0 Å². The number of carbonyl (C=O) groups is 1. The smallest absolute Gasteiger partial charge is 0.226 e. The van der Waals surface area contributed by atoms with E-state index in [1.807, 2.05) is 13.8 Å². The van der Waals surface area contributed by atoms with E-state index in [0.717, 1.165) is 42.2 Å². The van der Waals surface area contributed by atoms with E-state index in [2.05, 4.69) is 32.1 Å². The van der Waals surface area contributed by atoms with Gasteiger partial charge in [0.05, 0.1) is 24.7 Å². The van der Waals surface area contributed by atoms with E-state index in [1.54, 1.807) is 0 Å². The van der Waals surface area contributed by atoms with Gasteiger partial charge in [0, 0.05) is 25.7 Å². The monoisotopic (exact) mass is 386 g/mol. The summed E-state index contributed by atoms with van der Waals surface area (Å²) in [5, 5.41) is 3.84. The summed E-state index contributed by atoms with van der Waals surface area (Å²) in [6.07, 6.45) is 6.98. The van der Waals surface area contributed by atoms with Crippen LogP contribution in [0.2, 0.25) is 0 Å². The van der Waals surface area contributed by atoms with Crippen molar-refractivity contribution in [1.29, 1.82) is 0 Å². The van der Waals surface area contributed by atoms with Crippen molar-refractivity contribution in [2.24, 2.45) is 11.8 Å². The summed E-state index contributed by atoms with van der Waals surface area (Å²) in [4.78, 5) is 20.2. The Morgan fingerprint density at radius 1 is 1.32 bits per heavy atom. The summed E-state index contributed by atoms with van der Waals surface area (Å²) >= 11 is 0. The van der Waals surface area contributed by atoms with Gasteiger partial charge in [0.25, 0.3) is 0 Å². The van der Waals surface area contributed by atoms with Gasteiger partial charge in [-0.05, 0) is 57.4 Å². The van der Waals surface area contributed by atoms with E-state index in [4.69, 9.17) is 9.47 Å². The van der Waals surface area contributed by atoms with E-state index in [-0.39, 0.29) is 18.1 Å². The fourth-order valence-corrected chi connectivity index (χ4v) is 3.79. The highest BCUT2D eigenvalue weighted by molar-refractivity contribution is 5.81. The van der Waals surface area contributed by atoms with Gasteiger partial charge in [0.1, 0.15) is 11.5 Å². The highest BCUT2D eigenvalue weighted by Gasteiger charge is 2.31. The molecular weight excluding hydrogens is 356 g/mol. The Morgan fingerprint density at radius 3 is 2.82 bits per heavy atom. The zero-order chi connectivity index (χ0) is 19.7. The summed E-state index contributed by atoms with van der Waals surface area (Å²) in [5.74, 6) is 2.71. The number of fused-ring (bicyclic) bond motifs is 1. The van der Waals surface area contributed by atoms with E-state index < -0.39 is 0 Å². The standard InChI is InChI=1S/C21H30N4O3/c1-13(22-15(3)26)11-27-18-8-17(9-18)12-28-21-19-6-7-25(10-16-4-5-16)20(19)23-14(2)24-21/h6-7,13,16-18H,4-5,8-12H2,1-3H3,(H,22,26)/t13-,17-,18-/m0/s1. The second-order valence-corrected chi connectivity index (χ2v) is 8.43. The topological polar surface area (TPSA) is 78.3 Å². The zero-order valence-corrected chi connectivity index (χ0v) is 17.0. The van der Waals surface area contributed by atoms with Gasteiger partial charge >= 0.3 is 0 Å². The number of carbonyl (C=O) groups excluding carboxylic acids is 1. The lowest BCUT2D eigenvalue weighted by Crippen LogP contribution is -2.40. The van der Waals surface area contributed by atoms with Gasteiger partial charge in [-0.3, -0.25) is 4.79 Å². The molecule has 7 nitrogen and oxygen atoms in total. The number of ether oxygens (including phenoxy) is 2. The van der Waals surface area contributed by atoms with Gasteiger partial charge in [-0.1, -0.05) is 0 Å². The van der Waals surface area contributed by atoms with E-state index in [9.17, 15) is 4.79 Å². The molecule has 0 aromatic carbocycles. The Kier molecular flexibility index (Phi) is 5.53. The molecule has 4 rings (SSSR count). The minimum atomic E-state index is -0.0200. The Hall–Kier alpha value is -2.15. The molecule has 2 aliphatic rings. The largest absolute Gasteiger partial charge is 0.477 e. The van der Waals surface area contributed by atoms with Crippen molar-refractivity contribution in [2.75, 3.05) is 13.2 Å². The number of rotatable bonds is 9. The molecule has 0 spiro atoms. The zero-order valence-electron chi connectivity index (χ0n) is 17.0. The highest BCUT2D eigenvalue weighted by atomic mass is 16.5. The van der Waals surface area contributed by atoms with Gasteiger partial charge in [-0.25, -0.2) is 4.98 Å². The first-order valence-corrected chi connectivity index (χ1v) is 10.3. The van der Waals surface area contributed by atoms with Crippen molar-refractivity contribution in [1.82, 2.24) is 19.9 Å². The number of hydrogen-bond donors (Lipinski definition) is 1. The molecule has 0 aliphatic heterocycles. The van der Waals surface area contributed by atoms with Crippen LogP contribution in [0.3, 0.4) is 0 Å². The molecule has 28 heavy (non-hydrogen) atoms. The molecule has 2 aromatic rings. The lowest BCUT2D eigenvalue weighted by Gasteiger charge is -2.35. The predicted octanol–water partition coefficient (Wildman–Crippen LogP) is 2.85. The van der Waals surface area contributed by atoms with Crippen LogP contribution in [0.25, 0.3) is 11.0 Å². The number of aryl methyl sites for hydroxylation is 1. The molecule has 1 atom stereocenters. The minimum absolute atomic E-state index is 0.0200.